The van der Waals surface area contributed by atoms with E-state index in [2.05, 4.69) is 20.9 Å². The zero-order chi connectivity index (χ0) is 20.2. The molecule has 4 rings (SSSR count). The van der Waals surface area contributed by atoms with Crippen molar-refractivity contribution in [1.29, 1.82) is 0 Å². The quantitative estimate of drug-likeness (QED) is 0.613. The number of pyridine rings is 1. The van der Waals surface area contributed by atoms with Gasteiger partial charge in [-0.2, -0.15) is 0 Å². The fourth-order valence-corrected chi connectivity index (χ4v) is 2.81. The molecular formula is C21H18N4O4. The highest BCUT2D eigenvalue weighted by Gasteiger charge is 2.15. The highest BCUT2D eigenvalue weighted by molar-refractivity contribution is 6.04. The van der Waals surface area contributed by atoms with Crippen molar-refractivity contribution < 1.29 is 19.1 Å². The summed E-state index contributed by atoms with van der Waals surface area (Å²) in [4.78, 5) is 27.9. The number of anilines is 4. The van der Waals surface area contributed by atoms with E-state index < -0.39 is 0 Å². The summed E-state index contributed by atoms with van der Waals surface area (Å²) in [6, 6.07) is 15.7. The molecule has 8 heteroatoms. The molecule has 2 aromatic carbocycles. The molecule has 0 radical (unpaired) electrons. The number of hydrogen-bond donors (Lipinski definition) is 3. The Kier molecular flexibility index (Phi) is 4.98. The first kappa shape index (κ1) is 18.3. The first-order chi connectivity index (χ1) is 14.1. The molecule has 29 heavy (non-hydrogen) atoms. The minimum absolute atomic E-state index is 0.131. The van der Waals surface area contributed by atoms with Gasteiger partial charge in [0.25, 0.3) is 5.91 Å². The summed E-state index contributed by atoms with van der Waals surface area (Å²) >= 11 is 0. The number of nitrogens with one attached hydrogen (secondary N) is 3. The summed E-state index contributed by atoms with van der Waals surface area (Å²) < 4.78 is 10.6. The summed E-state index contributed by atoms with van der Waals surface area (Å²) in [6.07, 6.45) is 1.56. The Hall–Kier alpha value is -4.07. The normalized spacial score (nSPS) is 11.6. The Bertz CT molecular complexity index is 1070. The predicted octanol–water partition coefficient (Wildman–Crippen LogP) is 3.76. The van der Waals surface area contributed by atoms with Gasteiger partial charge in [0, 0.05) is 41.8 Å². The van der Waals surface area contributed by atoms with Gasteiger partial charge in [0.2, 0.25) is 12.7 Å². The highest BCUT2D eigenvalue weighted by atomic mass is 16.7. The Labute approximate surface area is 166 Å². The molecule has 3 aromatic rings. The average molecular weight is 390 g/mol. The largest absolute Gasteiger partial charge is 0.454 e. The van der Waals surface area contributed by atoms with E-state index in [1.807, 2.05) is 12.1 Å². The Morgan fingerprint density at radius 1 is 0.862 bits per heavy atom. The number of nitrogens with zero attached hydrogens (tertiary/aromatic N) is 1. The van der Waals surface area contributed by atoms with Crippen LogP contribution < -0.4 is 25.4 Å². The lowest BCUT2D eigenvalue weighted by Crippen LogP contribution is -2.12. The topological polar surface area (TPSA) is 102 Å². The second-order valence-electron chi connectivity index (χ2n) is 6.34. The summed E-state index contributed by atoms with van der Waals surface area (Å²) in [5.74, 6) is 1.38. The van der Waals surface area contributed by atoms with Gasteiger partial charge in [0.05, 0.1) is 0 Å². The molecule has 3 N–H and O–H groups in total. The molecule has 0 spiro atoms. The van der Waals surface area contributed by atoms with E-state index in [4.69, 9.17) is 9.47 Å². The predicted molar refractivity (Wildman–Crippen MR) is 109 cm³/mol. The minimum atomic E-state index is -0.268. The molecule has 0 bridgehead atoms. The molecule has 146 valence electrons. The standard InChI is InChI=1S/C21H18N4O4/c1-13(26)23-15-2-4-16(5-3-15)24-20-10-14(8-9-22-20)21(27)25-17-6-7-18-19(11-17)29-12-28-18/h2-11H,12H2,1H3,(H,22,24)(H,23,26)(H,25,27). The van der Waals surface area contributed by atoms with Crippen molar-refractivity contribution in [2.24, 2.45) is 0 Å². The Morgan fingerprint density at radius 2 is 1.59 bits per heavy atom. The van der Waals surface area contributed by atoms with Gasteiger partial charge in [0.1, 0.15) is 5.82 Å². The molecule has 2 heterocycles. The number of rotatable bonds is 5. The number of fused-ring (bicyclic) bond motifs is 1. The monoisotopic (exact) mass is 390 g/mol. The number of amides is 2. The number of benzene rings is 2. The number of hydrogen-bond acceptors (Lipinski definition) is 6. The maximum absolute atomic E-state index is 12.6. The number of carbonyl (C=O) groups excluding carboxylic acids is 2. The lowest BCUT2D eigenvalue weighted by atomic mass is 10.2. The van der Waals surface area contributed by atoms with Crippen LogP contribution in [0.25, 0.3) is 0 Å². The molecule has 0 saturated carbocycles. The lowest BCUT2D eigenvalue weighted by Gasteiger charge is -2.09. The van der Waals surface area contributed by atoms with Crippen molar-refractivity contribution >= 4 is 34.7 Å². The SMILES string of the molecule is CC(=O)Nc1ccc(Nc2cc(C(=O)Nc3ccc4c(c3)OCO4)ccn2)cc1. The van der Waals surface area contributed by atoms with Gasteiger partial charge in [0.15, 0.2) is 11.5 Å². The number of carbonyl (C=O) groups is 2. The molecule has 2 amide bonds. The van der Waals surface area contributed by atoms with Crippen molar-refractivity contribution in [2.45, 2.75) is 6.92 Å². The molecule has 0 fully saturated rings. The summed E-state index contributed by atoms with van der Waals surface area (Å²) in [5, 5.41) is 8.68. The van der Waals surface area contributed by atoms with Gasteiger partial charge >= 0.3 is 0 Å². The smallest absolute Gasteiger partial charge is 0.255 e. The van der Waals surface area contributed by atoms with Crippen LogP contribution in [0.4, 0.5) is 22.9 Å². The van der Waals surface area contributed by atoms with Crippen molar-refractivity contribution in [1.82, 2.24) is 4.98 Å². The van der Waals surface area contributed by atoms with E-state index >= 15 is 0 Å². The van der Waals surface area contributed by atoms with E-state index in [1.165, 1.54) is 6.92 Å². The molecule has 8 nitrogen and oxygen atoms in total. The van der Waals surface area contributed by atoms with Crippen LogP contribution in [0.5, 0.6) is 11.5 Å². The fourth-order valence-electron chi connectivity index (χ4n) is 2.81. The van der Waals surface area contributed by atoms with Gasteiger partial charge in [-0.25, -0.2) is 4.98 Å². The van der Waals surface area contributed by atoms with Gasteiger partial charge in [-0.1, -0.05) is 0 Å². The number of aromatic nitrogens is 1. The van der Waals surface area contributed by atoms with Crippen LogP contribution in [0, 0.1) is 0 Å². The Morgan fingerprint density at radius 3 is 2.38 bits per heavy atom. The molecular weight excluding hydrogens is 372 g/mol. The lowest BCUT2D eigenvalue weighted by molar-refractivity contribution is -0.114. The summed E-state index contributed by atoms with van der Waals surface area (Å²) in [7, 11) is 0. The van der Waals surface area contributed by atoms with Crippen LogP contribution in [0.2, 0.25) is 0 Å². The third-order valence-corrected chi connectivity index (χ3v) is 4.13. The van der Waals surface area contributed by atoms with Crippen molar-refractivity contribution in [3.63, 3.8) is 0 Å². The van der Waals surface area contributed by atoms with Crippen LogP contribution in [0.3, 0.4) is 0 Å². The summed E-state index contributed by atoms with van der Waals surface area (Å²) in [6.45, 7) is 1.63. The molecule has 1 aliphatic rings. The Balaban J connectivity index is 1.44. The average Bonchev–Trinajstić information content (AvgIpc) is 3.17. The zero-order valence-electron chi connectivity index (χ0n) is 15.6. The van der Waals surface area contributed by atoms with Crippen molar-refractivity contribution in [3.05, 3.63) is 66.4 Å². The zero-order valence-corrected chi connectivity index (χ0v) is 15.6. The van der Waals surface area contributed by atoms with Crippen LogP contribution in [0.1, 0.15) is 17.3 Å². The van der Waals surface area contributed by atoms with Gasteiger partial charge in [-0.3, -0.25) is 9.59 Å². The van der Waals surface area contributed by atoms with Gasteiger partial charge in [-0.05, 0) is 48.5 Å². The third-order valence-electron chi connectivity index (χ3n) is 4.13. The fraction of sp³-hybridized carbons (Fsp3) is 0.0952. The van der Waals surface area contributed by atoms with Crippen molar-refractivity contribution in [3.8, 4) is 11.5 Å². The molecule has 1 aromatic heterocycles. The van der Waals surface area contributed by atoms with E-state index in [9.17, 15) is 9.59 Å². The van der Waals surface area contributed by atoms with Gasteiger partial charge in [-0.15, -0.1) is 0 Å². The first-order valence-corrected chi connectivity index (χ1v) is 8.88. The second kappa shape index (κ2) is 7.89. The minimum Gasteiger partial charge on any atom is -0.454 e. The van der Waals surface area contributed by atoms with Crippen molar-refractivity contribution in [2.75, 3.05) is 22.7 Å². The molecule has 0 saturated heterocycles. The highest BCUT2D eigenvalue weighted by Crippen LogP contribution is 2.34. The molecule has 1 aliphatic heterocycles. The van der Waals surface area contributed by atoms with Crippen LogP contribution in [0.15, 0.2) is 60.8 Å². The van der Waals surface area contributed by atoms with Crippen LogP contribution in [-0.2, 0) is 4.79 Å². The van der Waals surface area contributed by atoms with E-state index in [0.29, 0.717) is 34.3 Å². The van der Waals surface area contributed by atoms with Gasteiger partial charge < -0.3 is 25.4 Å². The van der Waals surface area contributed by atoms with E-state index in [0.717, 1.165) is 5.69 Å². The maximum Gasteiger partial charge on any atom is 0.255 e. The number of ether oxygens (including phenoxy) is 2. The molecule has 0 atom stereocenters. The molecule has 0 aliphatic carbocycles. The maximum atomic E-state index is 12.6. The second-order valence-corrected chi connectivity index (χ2v) is 6.34. The van der Waals surface area contributed by atoms with Crippen LogP contribution >= 0.6 is 0 Å². The first-order valence-electron chi connectivity index (χ1n) is 8.88. The van der Waals surface area contributed by atoms with Crippen LogP contribution in [-0.4, -0.2) is 23.6 Å². The third kappa shape index (κ3) is 4.44. The summed E-state index contributed by atoms with van der Waals surface area (Å²) in [5.41, 5.74) is 2.54. The van der Waals surface area contributed by atoms with E-state index in [-0.39, 0.29) is 18.6 Å². The molecule has 0 unspecified atom stereocenters. The van der Waals surface area contributed by atoms with E-state index in [1.54, 1.807) is 48.7 Å².